The minimum absolute atomic E-state index is 0.151. The summed E-state index contributed by atoms with van der Waals surface area (Å²) in [6, 6.07) is 8.45. The first-order valence-electron chi connectivity index (χ1n) is 9.85. The molecule has 0 spiro atoms. The van der Waals surface area contributed by atoms with Gasteiger partial charge in [-0.05, 0) is 63.4 Å². The second-order valence-electron chi connectivity index (χ2n) is 7.98. The van der Waals surface area contributed by atoms with E-state index < -0.39 is 0 Å². The lowest BCUT2D eigenvalue weighted by atomic mass is 9.88. The predicted octanol–water partition coefficient (Wildman–Crippen LogP) is 4.46. The molecule has 1 atom stereocenters. The first-order chi connectivity index (χ1) is 12.1. The van der Waals surface area contributed by atoms with Crippen LogP contribution < -0.4 is 10.1 Å². The van der Waals surface area contributed by atoms with Crippen molar-refractivity contribution in [2.24, 2.45) is 5.41 Å². The predicted molar refractivity (Wildman–Crippen MR) is 102 cm³/mol. The Morgan fingerprint density at radius 2 is 1.92 bits per heavy atom. The zero-order chi connectivity index (χ0) is 17.7. The van der Waals surface area contributed by atoms with E-state index in [4.69, 9.17) is 4.74 Å². The van der Waals surface area contributed by atoms with Crippen molar-refractivity contribution < 1.29 is 9.53 Å². The standard InChI is InChI=1S/C21H32N2O2/c1-17-7-3-6-14-23(17)15-16-25-19-10-8-18(9-11-19)22-20(24)21(2)12-4-5-13-21/h8-11,17H,3-7,12-16H2,1-2H3,(H,22,24). The van der Waals surface area contributed by atoms with Crippen LogP contribution in [0.15, 0.2) is 24.3 Å². The van der Waals surface area contributed by atoms with Crippen LogP contribution in [0.5, 0.6) is 5.75 Å². The molecule has 1 aromatic rings. The van der Waals surface area contributed by atoms with Gasteiger partial charge in [-0.2, -0.15) is 0 Å². The van der Waals surface area contributed by atoms with E-state index in [2.05, 4.69) is 24.1 Å². The normalized spacial score (nSPS) is 23.4. The molecule has 2 fully saturated rings. The molecule has 1 saturated heterocycles. The summed E-state index contributed by atoms with van der Waals surface area (Å²) >= 11 is 0. The van der Waals surface area contributed by atoms with E-state index in [-0.39, 0.29) is 11.3 Å². The Balaban J connectivity index is 1.44. The van der Waals surface area contributed by atoms with E-state index in [1.54, 1.807) is 0 Å². The molecule has 0 aromatic heterocycles. The summed E-state index contributed by atoms with van der Waals surface area (Å²) in [5.41, 5.74) is 0.662. The molecule has 1 aliphatic carbocycles. The van der Waals surface area contributed by atoms with Gasteiger partial charge in [0.25, 0.3) is 0 Å². The van der Waals surface area contributed by atoms with E-state index in [0.29, 0.717) is 12.6 Å². The Bertz CT molecular complexity index is 564. The van der Waals surface area contributed by atoms with E-state index in [1.807, 2.05) is 24.3 Å². The number of likely N-dealkylation sites (tertiary alicyclic amines) is 1. The molecular formula is C21H32N2O2. The molecular weight excluding hydrogens is 312 g/mol. The molecule has 1 saturated carbocycles. The average Bonchev–Trinajstić information content (AvgIpc) is 3.06. The Kier molecular flexibility index (Phi) is 6.00. The summed E-state index contributed by atoms with van der Waals surface area (Å²) in [5, 5.41) is 3.06. The lowest BCUT2D eigenvalue weighted by Crippen LogP contribution is -2.39. The Morgan fingerprint density at radius 1 is 1.20 bits per heavy atom. The second-order valence-corrected chi connectivity index (χ2v) is 7.98. The molecule has 2 aliphatic rings. The number of rotatable bonds is 6. The van der Waals surface area contributed by atoms with Crippen molar-refractivity contribution in [3.05, 3.63) is 24.3 Å². The number of carbonyl (C=O) groups is 1. The highest BCUT2D eigenvalue weighted by Crippen LogP contribution is 2.38. The van der Waals surface area contributed by atoms with Gasteiger partial charge in [0.15, 0.2) is 0 Å². The number of ether oxygens (including phenoxy) is 1. The number of amides is 1. The van der Waals surface area contributed by atoms with Crippen molar-refractivity contribution >= 4 is 11.6 Å². The van der Waals surface area contributed by atoms with Gasteiger partial charge in [-0.1, -0.05) is 26.2 Å². The van der Waals surface area contributed by atoms with E-state index >= 15 is 0 Å². The van der Waals surface area contributed by atoms with Crippen LogP contribution in [0.1, 0.15) is 58.8 Å². The first kappa shape index (κ1) is 18.2. The van der Waals surface area contributed by atoms with Crippen molar-refractivity contribution in [1.29, 1.82) is 0 Å². The Morgan fingerprint density at radius 3 is 2.60 bits per heavy atom. The molecule has 1 aliphatic heterocycles. The van der Waals surface area contributed by atoms with Gasteiger partial charge in [0.2, 0.25) is 5.91 Å². The Hall–Kier alpha value is -1.55. The van der Waals surface area contributed by atoms with Crippen molar-refractivity contribution in [2.45, 2.75) is 64.8 Å². The zero-order valence-electron chi connectivity index (χ0n) is 15.7. The molecule has 1 N–H and O–H groups in total. The molecule has 1 aromatic carbocycles. The van der Waals surface area contributed by atoms with Gasteiger partial charge in [-0.15, -0.1) is 0 Å². The highest BCUT2D eigenvalue weighted by Gasteiger charge is 2.36. The molecule has 3 rings (SSSR count). The van der Waals surface area contributed by atoms with Crippen molar-refractivity contribution in [2.75, 3.05) is 25.0 Å². The number of hydrogen-bond acceptors (Lipinski definition) is 3. The molecule has 1 unspecified atom stereocenters. The van der Waals surface area contributed by atoms with E-state index in [1.165, 1.54) is 25.8 Å². The number of carbonyl (C=O) groups excluding carboxylic acids is 1. The van der Waals surface area contributed by atoms with Crippen LogP contribution in [0.2, 0.25) is 0 Å². The van der Waals surface area contributed by atoms with Crippen LogP contribution in [-0.4, -0.2) is 36.5 Å². The quantitative estimate of drug-likeness (QED) is 0.828. The third-order valence-electron chi connectivity index (χ3n) is 5.96. The van der Waals surface area contributed by atoms with Crippen molar-refractivity contribution in [3.8, 4) is 5.75 Å². The smallest absolute Gasteiger partial charge is 0.230 e. The summed E-state index contributed by atoms with van der Waals surface area (Å²) < 4.78 is 5.88. The van der Waals surface area contributed by atoms with E-state index in [0.717, 1.165) is 43.7 Å². The lowest BCUT2D eigenvalue weighted by molar-refractivity contribution is -0.124. The van der Waals surface area contributed by atoms with Gasteiger partial charge >= 0.3 is 0 Å². The fraction of sp³-hybridized carbons (Fsp3) is 0.667. The Labute approximate surface area is 151 Å². The number of nitrogens with one attached hydrogen (secondary N) is 1. The highest BCUT2D eigenvalue weighted by molar-refractivity contribution is 5.95. The minimum atomic E-state index is -0.194. The number of nitrogens with zero attached hydrogens (tertiary/aromatic N) is 1. The van der Waals surface area contributed by atoms with Crippen molar-refractivity contribution in [1.82, 2.24) is 4.90 Å². The van der Waals surface area contributed by atoms with Crippen LogP contribution in [0.3, 0.4) is 0 Å². The minimum Gasteiger partial charge on any atom is -0.492 e. The highest BCUT2D eigenvalue weighted by atomic mass is 16.5. The SMILES string of the molecule is CC1CCCCN1CCOc1ccc(NC(=O)C2(C)CCCC2)cc1. The molecule has 25 heavy (non-hydrogen) atoms. The maximum Gasteiger partial charge on any atom is 0.230 e. The van der Waals surface area contributed by atoms with Gasteiger partial charge in [0.1, 0.15) is 12.4 Å². The topological polar surface area (TPSA) is 41.6 Å². The van der Waals surface area contributed by atoms with E-state index in [9.17, 15) is 4.79 Å². The lowest BCUT2D eigenvalue weighted by Gasteiger charge is -2.33. The van der Waals surface area contributed by atoms with Crippen LogP contribution in [0.25, 0.3) is 0 Å². The monoisotopic (exact) mass is 344 g/mol. The van der Waals surface area contributed by atoms with Crippen molar-refractivity contribution in [3.63, 3.8) is 0 Å². The van der Waals surface area contributed by atoms with Gasteiger partial charge in [0.05, 0.1) is 0 Å². The molecule has 4 heteroatoms. The fourth-order valence-electron chi connectivity index (χ4n) is 4.07. The fourth-order valence-corrected chi connectivity index (χ4v) is 4.07. The molecule has 4 nitrogen and oxygen atoms in total. The molecule has 1 amide bonds. The molecule has 0 bridgehead atoms. The van der Waals surface area contributed by atoms with Gasteiger partial charge in [0, 0.05) is 23.7 Å². The summed E-state index contributed by atoms with van der Waals surface area (Å²) in [7, 11) is 0. The van der Waals surface area contributed by atoms with Crippen LogP contribution in [0.4, 0.5) is 5.69 Å². The first-order valence-corrected chi connectivity index (χ1v) is 9.85. The summed E-state index contributed by atoms with van der Waals surface area (Å²) in [6.07, 6.45) is 8.26. The summed E-state index contributed by atoms with van der Waals surface area (Å²) in [5.74, 6) is 1.02. The van der Waals surface area contributed by atoms with Gasteiger partial charge < -0.3 is 10.1 Å². The van der Waals surface area contributed by atoms with Crippen LogP contribution in [-0.2, 0) is 4.79 Å². The summed E-state index contributed by atoms with van der Waals surface area (Å²) in [4.78, 5) is 15.0. The summed E-state index contributed by atoms with van der Waals surface area (Å²) in [6.45, 7) is 7.27. The van der Waals surface area contributed by atoms with Gasteiger partial charge in [-0.3, -0.25) is 9.69 Å². The third kappa shape index (κ3) is 4.75. The number of piperidine rings is 1. The second kappa shape index (κ2) is 8.22. The van der Waals surface area contributed by atoms with Crippen LogP contribution in [0, 0.1) is 5.41 Å². The number of hydrogen-bond donors (Lipinski definition) is 1. The number of benzene rings is 1. The molecule has 138 valence electrons. The largest absolute Gasteiger partial charge is 0.492 e. The third-order valence-corrected chi connectivity index (χ3v) is 5.96. The maximum absolute atomic E-state index is 12.5. The molecule has 1 heterocycles. The maximum atomic E-state index is 12.5. The van der Waals surface area contributed by atoms with Gasteiger partial charge in [-0.25, -0.2) is 0 Å². The average molecular weight is 344 g/mol. The van der Waals surface area contributed by atoms with Crippen LogP contribution >= 0.6 is 0 Å². The molecule has 0 radical (unpaired) electrons. The zero-order valence-corrected chi connectivity index (χ0v) is 15.7. The number of anilines is 1.